The molecule has 0 saturated carbocycles. The van der Waals surface area contributed by atoms with Gasteiger partial charge in [-0.2, -0.15) is 0 Å². The van der Waals surface area contributed by atoms with Gasteiger partial charge in [0.1, 0.15) is 0 Å². The first-order valence-electron chi connectivity index (χ1n) is 9.78. The molecular weight excluding hydrogens is 338 g/mol. The summed E-state index contributed by atoms with van der Waals surface area (Å²) >= 11 is 0. The van der Waals surface area contributed by atoms with Gasteiger partial charge >= 0.3 is 0 Å². The van der Waals surface area contributed by atoms with Crippen LogP contribution in [0.25, 0.3) is 10.9 Å². The van der Waals surface area contributed by atoms with E-state index in [1.807, 2.05) is 12.3 Å². The molecule has 0 aliphatic carbocycles. The average Bonchev–Trinajstić information content (AvgIpc) is 2.71. The molecule has 146 valence electrons. The quantitative estimate of drug-likeness (QED) is 0.605. The van der Waals surface area contributed by atoms with Gasteiger partial charge in [0.05, 0.1) is 25.3 Å². The second kappa shape index (κ2) is 9.15. The van der Waals surface area contributed by atoms with E-state index in [1.54, 1.807) is 0 Å². The van der Waals surface area contributed by atoms with E-state index < -0.39 is 0 Å². The van der Waals surface area contributed by atoms with Gasteiger partial charge in [-0.3, -0.25) is 9.88 Å². The van der Waals surface area contributed by atoms with Crippen LogP contribution in [-0.2, 0) is 11.3 Å². The summed E-state index contributed by atoms with van der Waals surface area (Å²) in [7, 11) is 0. The Morgan fingerprint density at radius 2 is 1.96 bits per heavy atom. The number of nitrogens with one attached hydrogen (secondary N) is 2. The summed E-state index contributed by atoms with van der Waals surface area (Å²) in [6, 6.07) is 10.3. The van der Waals surface area contributed by atoms with Crippen LogP contribution in [0.5, 0.6) is 0 Å². The van der Waals surface area contributed by atoms with Crippen molar-refractivity contribution in [2.45, 2.75) is 32.9 Å². The van der Waals surface area contributed by atoms with Crippen molar-refractivity contribution in [3.63, 3.8) is 0 Å². The Hall–Kier alpha value is -2.18. The number of fused-ring (bicyclic) bond motifs is 1. The zero-order chi connectivity index (χ0) is 19.1. The van der Waals surface area contributed by atoms with Crippen molar-refractivity contribution >= 4 is 16.9 Å². The molecule has 2 aromatic rings. The summed E-state index contributed by atoms with van der Waals surface area (Å²) in [5.41, 5.74) is 2.20. The number of rotatable bonds is 6. The van der Waals surface area contributed by atoms with Crippen molar-refractivity contribution in [1.29, 1.82) is 0 Å². The molecule has 0 amide bonds. The Kier molecular flexibility index (Phi) is 6.63. The van der Waals surface area contributed by atoms with Gasteiger partial charge in [-0.1, -0.05) is 24.3 Å². The van der Waals surface area contributed by atoms with E-state index >= 15 is 0 Å². The number of benzene rings is 1. The number of aromatic nitrogens is 1. The minimum Gasteiger partial charge on any atom is -0.379 e. The SMILES string of the molecule is CCNC(=NCc1cccc2cccnc12)NCC(C)(C)N1CCOCC1. The minimum atomic E-state index is 0.0426. The molecule has 1 saturated heterocycles. The molecular formula is C21H31N5O. The molecule has 0 radical (unpaired) electrons. The number of aliphatic imine (C=N–C) groups is 1. The Bertz CT molecular complexity index is 763. The van der Waals surface area contributed by atoms with Crippen LogP contribution in [0.1, 0.15) is 26.3 Å². The van der Waals surface area contributed by atoms with Gasteiger partial charge in [-0.25, -0.2) is 4.99 Å². The molecule has 6 nitrogen and oxygen atoms in total. The highest BCUT2D eigenvalue weighted by Crippen LogP contribution is 2.17. The molecule has 27 heavy (non-hydrogen) atoms. The molecule has 0 bridgehead atoms. The Balaban J connectivity index is 1.67. The third-order valence-corrected chi connectivity index (χ3v) is 5.02. The summed E-state index contributed by atoms with van der Waals surface area (Å²) < 4.78 is 5.48. The molecule has 0 atom stereocenters. The molecule has 6 heteroatoms. The fraction of sp³-hybridized carbons (Fsp3) is 0.524. The second-order valence-corrected chi connectivity index (χ2v) is 7.45. The molecule has 0 unspecified atom stereocenters. The lowest BCUT2D eigenvalue weighted by molar-refractivity contribution is -0.00834. The largest absolute Gasteiger partial charge is 0.379 e. The van der Waals surface area contributed by atoms with Crippen LogP contribution in [0.3, 0.4) is 0 Å². The van der Waals surface area contributed by atoms with Gasteiger partial charge in [-0.15, -0.1) is 0 Å². The van der Waals surface area contributed by atoms with Crippen LogP contribution in [0, 0.1) is 0 Å². The molecule has 1 fully saturated rings. The number of para-hydroxylation sites is 1. The zero-order valence-corrected chi connectivity index (χ0v) is 16.7. The third-order valence-electron chi connectivity index (χ3n) is 5.02. The van der Waals surface area contributed by atoms with E-state index in [-0.39, 0.29) is 5.54 Å². The van der Waals surface area contributed by atoms with Gasteiger partial charge in [0.25, 0.3) is 0 Å². The maximum Gasteiger partial charge on any atom is 0.191 e. The first-order valence-corrected chi connectivity index (χ1v) is 9.78. The highest BCUT2D eigenvalue weighted by Gasteiger charge is 2.28. The summed E-state index contributed by atoms with van der Waals surface area (Å²) in [4.78, 5) is 11.8. The summed E-state index contributed by atoms with van der Waals surface area (Å²) in [6.07, 6.45) is 1.84. The first kappa shape index (κ1) is 19.6. The molecule has 1 aliphatic heterocycles. The third kappa shape index (κ3) is 5.17. The van der Waals surface area contributed by atoms with E-state index in [4.69, 9.17) is 9.73 Å². The summed E-state index contributed by atoms with van der Waals surface area (Å²) in [6.45, 7) is 12.5. The monoisotopic (exact) mass is 369 g/mol. The van der Waals surface area contributed by atoms with E-state index in [2.05, 4.69) is 65.6 Å². The number of guanidine groups is 1. The van der Waals surface area contributed by atoms with Gasteiger partial charge in [0, 0.05) is 43.3 Å². The number of morpholine rings is 1. The van der Waals surface area contributed by atoms with Gasteiger partial charge < -0.3 is 15.4 Å². The predicted molar refractivity (Wildman–Crippen MR) is 111 cm³/mol. The highest BCUT2D eigenvalue weighted by molar-refractivity contribution is 5.83. The molecule has 2 heterocycles. The van der Waals surface area contributed by atoms with Crippen molar-refractivity contribution in [3.05, 3.63) is 42.1 Å². The summed E-state index contributed by atoms with van der Waals surface area (Å²) in [5.74, 6) is 0.840. The van der Waals surface area contributed by atoms with Crippen LogP contribution in [0.4, 0.5) is 0 Å². The minimum absolute atomic E-state index is 0.0426. The Morgan fingerprint density at radius 3 is 2.74 bits per heavy atom. The average molecular weight is 370 g/mol. The van der Waals surface area contributed by atoms with Crippen LogP contribution in [-0.4, -0.2) is 60.8 Å². The van der Waals surface area contributed by atoms with Gasteiger partial charge in [0.15, 0.2) is 5.96 Å². The second-order valence-electron chi connectivity index (χ2n) is 7.45. The van der Waals surface area contributed by atoms with Gasteiger partial charge in [-0.05, 0) is 32.4 Å². The fourth-order valence-electron chi connectivity index (χ4n) is 3.38. The van der Waals surface area contributed by atoms with Gasteiger partial charge in [0.2, 0.25) is 0 Å². The number of hydrogen-bond acceptors (Lipinski definition) is 4. The highest BCUT2D eigenvalue weighted by atomic mass is 16.5. The van der Waals surface area contributed by atoms with Crippen LogP contribution in [0.15, 0.2) is 41.5 Å². The smallest absolute Gasteiger partial charge is 0.191 e. The van der Waals surface area contributed by atoms with Crippen molar-refractivity contribution < 1.29 is 4.74 Å². The molecule has 0 spiro atoms. The van der Waals surface area contributed by atoms with E-state index in [0.717, 1.165) is 61.8 Å². The molecule has 1 aromatic heterocycles. The molecule has 3 rings (SSSR count). The summed E-state index contributed by atoms with van der Waals surface area (Å²) in [5, 5.41) is 8.01. The Labute approximate surface area is 162 Å². The zero-order valence-electron chi connectivity index (χ0n) is 16.7. The predicted octanol–water partition coefficient (Wildman–Crippen LogP) is 2.40. The lowest BCUT2D eigenvalue weighted by Crippen LogP contribution is -2.56. The molecule has 1 aliphatic rings. The lowest BCUT2D eigenvalue weighted by Gasteiger charge is -2.41. The molecule has 1 aromatic carbocycles. The number of pyridine rings is 1. The van der Waals surface area contributed by atoms with Crippen LogP contribution >= 0.6 is 0 Å². The fourth-order valence-corrected chi connectivity index (χ4v) is 3.38. The maximum atomic E-state index is 5.48. The standard InChI is InChI=1S/C21H31N5O/c1-4-22-20(25-16-21(2,3)26-11-13-27-14-12-26)24-15-18-8-5-7-17-9-6-10-23-19(17)18/h5-10H,4,11-16H2,1-3H3,(H2,22,24,25). The molecule has 2 N–H and O–H groups in total. The van der Waals surface area contributed by atoms with E-state index in [9.17, 15) is 0 Å². The lowest BCUT2D eigenvalue weighted by atomic mass is 10.0. The topological polar surface area (TPSA) is 61.8 Å². The van der Waals surface area contributed by atoms with E-state index in [1.165, 1.54) is 0 Å². The van der Waals surface area contributed by atoms with E-state index in [0.29, 0.717) is 6.54 Å². The number of nitrogens with zero attached hydrogens (tertiary/aromatic N) is 3. The number of ether oxygens (including phenoxy) is 1. The van der Waals surface area contributed by atoms with Crippen molar-refractivity contribution in [2.24, 2.45) is 4.99 Å². The van der Waals surface area contributed by atoms with Crippen molar-refractivity contribution in [2.75, 3.05) is 39.4 Å². The van der Waals surface area contributed by atoms with Crippen LogP contribution < -0.4 is 10.6 Å². The van der Waals surface area contributed by atoms with Crippen molar-refractivity contribution in [1.82, 2.24) is 20.5 Å². The normalized spacial score (nSPS) is 16.5. The Morgan fingerprint density at radius 1 is 1.19 bits per heavy atom. The van der Waals surface area contributed by atoms with Crippen molar-refractivity contribution in [3.8, 4) is 0 Å². The van der Waals surface area contributed by atoms with Crippen LogP contribution in [0.2, 0.25) is 0 Å². The number of hydrogen-bond donors (Lipinski definition) is 2. The maximum absolute atomic E-state index is 5.48. The first-order chi connectivity index (χ1) is 13.1.